The summed E-state index contributed by atoms with van der Waals surface area (Å²) in [4.78, 5) is 10.9. The maximum absolute atomic E-state index is 10.9. The summed E-state index contributed by atoms with van der Waals surface area (Å²) in [6.07, 6.45) is 0. The molecule has 0 unspecified atom stereocenters. The molecule has 0 saturated heterocycles. The number of rotatable bonds is 1. The molecule has 9 heteroatoms. The summed E-state index contributed by atoms with van der Waals surface area (Å²) in [6.45, 7) is 0. The zero-order valence-electron chi connectivity index (χ0n) is 9.37. The molecule has 0 atom stereocenters. The highest BCUT2D eigenvalue weighted by Gasteiger charge is 2.10. The monoisotopic (exact) mass is 288 g/mol. The number of amides is 1. The van der Waals surface area contributed by atoms with Crippen LogP contribution in [0.5, 0.6) is 0 Å². The predicted octanol–water partition coefficient (Wildman–Crippen LogP) is -5.56. The Morgan fingerprint density at radius 1 is 1.21 bits per heavy atom. The van der Waals surface area contributed by atoms with Crippen LogP contribution in [0.1, 0.15) is 10.4 Å². The second-order valence-corrected chi connectivity index (χ2v) is 4.06. The van der Waals surface area contributed by atoms with Crippen molar-refractivity contribution in [2.45, 2.75) is 0 Å². The summed E-state index contributed by atoms with van der Waals surface area (Å²) in [6, 6.07) is 8.89. The zero-order chi connectivity index (χ0) is 14.6. The molecule has 0 bridgehead atoms. The van der Waals surface area contributed by atoms with Crippen molar-refractivity contribution in [3.05, 3.63) is 41.4 Å². The van der Waals surface area contributed by atoms with Gasteiger partial charge in [0.15, 0.2) is 5.56 Å². The smallest absolute Gasteiger partial charge is 0.377 e. The number of halogens is 1. The quantitative estimate of drug-likeness (QED) is 0.529. The fourth-order valence-electron chi connectivity index (χ4n) is 1.29. The summed E-state index contributed by atoms with van der Waals surface area (Å²) in [5.41, 5.74) is 6.02. The lowest BCUT2D eigenvalue weighted by molar-refractivity contribution is -2.00. The van der Waals surface area contributed by atoms with Crippen LogP contribution in [0.4, 0.5) is 0 Å². The Labute approximate surface area is 108 Å². The minimum absolute atomic E-state index is 0.0520. The Balaban J connectivity index is 0.000000312. The third kappa shape index (κ3) is 5.04. The molecule has 0 aliphatic rings. The van der Waals surface area contributed by atoms with E-state index in [9.17, 15) is 4.79 Å². The Bertz CT molecular complexity index is 642. The summed E-state index contributed by atoms with van der Waals surface area (Å²) in [5.74, 6) is -0.586. The van der Waals surface area contributed by atoms with Crippen molar-refractivity contribution in [1.29, 1.82) is 0 Å². The molecular weight excluding hydrogens is 280 g/mol. The van der Waals surface area contributed by atoms with Crippen molar-refractivity contribution in [3.63, 3.8) is 0 Å². The largest absolute Gasteiger partial charge is 0.404 e. The van der Waals surface area contributed by atoms with Crippen LogP contribution in [0.15, 0.2) is 34.7 Å². The molecule has 0 aliphatic carbocycles. The molecule has 0 aliphatic heterocycles. The standard InChI is InChI=1S/C10H8N2O2.ClHO4/c11-9(13)7-5-6-3-1-2-4-8(6)14-10(7)12;2-1(3,4)5/h1-5,12H,(H2,11,13);(H,2,3,4,5). The van der Waals surface area contributed by atoms with Gasteiger partial charge in [-0.05, 0) is 12.1 Å². The van der Waals surface area contributed by atoms with E-state index in [0.29, 0.717) is 5.58 Å². The van der Waals surface area contributed by atoms with Gasteiger partial charge in [-0.1, -0.05) is 18.2 Å². The van der Waals surface area contributed by atoms with Gasteiger partial charge < -0.3 is 10.2 Å². The number of carbonyl (C=O) groups is 1. The normalized spacial score (nSPS) is 10.7. The van der Waals surface area contributed by atoms with Crippen LogP contribution >= 0.6 is 0 Å². The van der Waals surface area contributed by atoms with Crippen molar-refractivity contribution in [1.82, 2.24) is 0 Å². The van der Waals surface area contributed by atoms with Gasteiger partial charge in [0.2, 0.25) is 0 Å². The number of hydrogen-bond acceptors (Lipinski definition) is 6. The van der Waals surface area contributed by atoms with E-state index in [2.05, 4.69) is 0 Å². The molecule has 19 heavy (non-hydrogen) atoms. The number of fused-ring (bicyclic) bond motifs is 1. The van der Waals surface area contributed by atoms with Gasteiger partial charge in [0.1, 0.15) is 5.58 Å². The molecule has 0 saturated carbocycles. The maximum atomic E-state index is 10.9. The minimum Gasteiger partial charge on any atom is -0.404 e. The Morgan fingerprint density at radius 3 is 2.26 bits per heavy atom. The number of carbonyl (C=O) groups excluding carboxylic acids is 1. The molecule has 0 fully saturated rings. The zero-order valence-corrected chi connectivity index (χ0v) is 10.1. The van der Waals surface area contributed by atoms with Crippen LogP contribution in [0.25, 0.3) is 11.0 Å². The Morgan fingerprint density at radius 2 is 1.74 bits per heavy atom. The van der Waals surface area contributed by atoms with E-state index in [1.165, 1.54) is 0 Å². The fourth-order valence-corrected chi connectivity index (χ4v) is 1.29. The number of benzene rings is 1. The highest BCUT2D eigenvalue weighted by atomic mass is 35.7. The predicted molar refractivity (Wildman–Crippen MR) is 49.8 cm³/mol. The lowest BCUT2D eigenvalue weighted by Crippen LogP contribution is -2.68. The van der Waals surface area contributed by atoms with E-state index in [1.54, 1.807) is 12.1 Å². The summed E-state index contributed by atoms with van der Waals surface area (Å²) >= 11 is 0. The fraction of sp³-hybridized carbons (Fsp3) is 0. The second-order valence-electron chi connectivity index (χ2n) is 3.30. The van der Waals surface area contributed by atoms with Crippen molar-refractivity contribution in [3.8, 4) is 0 Å². The molecule has 0 spiro atoms. The van der Waals surface area contributed by atoms with Crippen molar-refractivity contribution in [2.75, 3.05) is 0 Å². The highest BCUT2D eigenvalue weighted by Crippen LogP contribution is 2.11. The molecule has 1 aromatic carbocycles. The third-order valence-electron chi connectivity index (χ3n) is 1.97. The first kappa shape index (κ1) is 15.1. The van der Waals surface area contributed by atoms with Crippen LogP contribution in [-0.4, -0.2) is 5.91 Å². The summed E-state index contributed by atoms with van der Waals surface area (Å²) < 4.78 is 39.2. The molecule has 8 nitrogen and oxygen atoms in total. The van der Waals surface area contributed by atoms with Gasteiger partial charge in [0.05, 0.1) is 0 Å². The first-order valence-electron chi connectivity index (χ1n) is 4.71. The lowest BCUT2D eigenvalue weighted by atomic mass is 10.2. The van der Waals surface area contributed by atoms with Gasteiger partial charge in [-0.15, -0.1) is 10.2 Å². The molecule has 1 amide bonds. The van der Waals surface area contributed by atoms with Crippen LogP contribution in [0, 0.1) is 10.2 Å². The first-order valence-corrected chi connectivity index (χ1v) is 5.95. The van der Waals surface area contributed by atoms with E-state index < -0.39 is 16.2 Å². The molecule has 2 aromatic rings. The van der Waals surface area contributed by atoms with Crippen molar-refractivity contribution >= 4 is 16.9 Å². The van der Waals surface area contributed by atoms with Crippen LogP contribution in [-0.2, 0) is 0 Å². The SMILES string of the molecule is NC(=O)c1cc2ccccc2oc1=[NH2+].[O-][Cl+3]([O-])([O-])[O-]. The first-order chi connectivity index (χ1) is 8.68. The number of para-hydroxylation sites is 1. The summed E-state index contributed by atoms with van der Waals surface area (Å²) in [7, 11) is -4.94. The summed E-state index contributed by atoms with van der Waals surface area (Å²) in [5, 5.41) is 6.32. The van der Waals surface area contributed by atoms with Gasteiger partial charge in [-0.25, -0.2) is 24.0 Å². The van der Waals surface area contributed by atoms with E-state index >= 15 is 0 Å². The Hall–Kier alpha value is -1.97. The molecule has 2 rings (SSSR count). The maximum Gasteiger partial charge on any atom is 0.377 e. The van der Waals surface area contributed by atoms with Crippen LogP contribution in [0.2, 0.25) is 0 Å². The van der Waals surface area contributed by atoms with Crippen LogP contribution < -0.4 is 35.3 Å². The molecule has 1 heterocycles. The molecule has 1 aromatic heterocycles. The van der Waals surface area contributed by atoms with Gasteiger partial charge in [-0.2, -0.15) is 0 Å². The second kappa shape index (κ2) is 5.78. The average molecular weight is 289 g/mol. The van der Waals surface area contributed by atoms with E-state index in [4.69, 9.17) is 34.2 Å². The topological polar surface area (TPSA) is 174 Å². The number of nitrogens with two attached hydrogens (primary N) is 2. The van der Waals surface area contributed by atoms with Gasteiger partial charge in [-0.3, -0.25) is 4.79 Å². The van der Waals surface area contributed by atoms with E-state index in [-0.39, 0.29) is 11.1 Å². The van der Waals surface area contributed by atoms with Crippen molar-refractivity contribution in [2.24, 2.45) is 5.73 Å². The molecular formula is C10H9ClN2O6. The average Bonchev–Trinajstić information content (AvgIpc) is 2.25. The van der Waals surface area contributed by atoms with Gasteiger partial charge >= 0.3 is 5.55 Å². The van der Waals surface area contributed by atoms with E-state index in [1.807, 2.05) is 18.2 Å². The third-order valence-corrected chi connectivity index (χ3v) is 1.97. The van der Waals surface area contributed by atoms with Gasteiger partial charge in [0, 0.05) is 5.39 Å². The Kier molecular flexibility index (Phi) is 4.59. The van der Waals surface area contributed by atoms with Crippen molar-refractivity contribution < 1.29 is 43.5 Å². The molecule has 102 valence electrons. The lowest BCUT2D eigenvalue weighted by Gasteiger charge is -2.17. The number of hydrogen-bond donors (Lipinski definition) is 2. The minimum atomic E-state index is -4.94. The highest BCUT2D eigenvalue weighted by molar-refractivity contribution is 5.95. The molecule has 4 N–H and O–H groups in total. The van der Waals surface area contributed by atoms with E-state index in [0.717, 1.165) is 5.39 Å². The van der Waals surface area contributed by atoms with Crippen LogP contribution in [0.3, 0.4) is 0 Å². The molecule has 0 radical (unpaired) electrons. The number of primary amides is 1. The van der Waals surface area contributed by atoms with Gasteiger partial charge in [0.25, 0.3) is 5.91 Å².